The summed E-state index contributed by atoms with van der Waals surface area (Å²) in [6.07, 6.45) is 3.09. The van der Waals surface area contributed by atoms with E-state index in [1.807, 2.05) is 24.9 Å². The van der Waals surface area contributed by atoms with E-state index in [4.69, 9.17) is 4.74 Å². The molecule has 0 saturated carbocycles. The number of allylic oxidation sites excluding steroid dienone is 1. The zero-order valence-electron chi connectivity index (χ0n) is 16.9. The van der Waals surface area contributed by atoms with Gasteiger partial charge in [-0.1, -0.05) is 0 Å². The second-order valence-electron chi connectivity index (χ2n) is 6.92. The normalized spacial score (nSPS) is 15.2. The fourth-order valence-electron chi connectivity index (χ4n) is 3.10. The van der Waals surface area contributed by atoms with Crippen LogP contribution in [0.4, 0.5) is 5.82 Å². The molecule has 7 nitrogen and oxygen atoms in total. The average molecular weight is 416 g/mol. The minimum absolute atomic E-state index is 0.0345. The number of fused-ring (bicyclic) bond motifs is 1. The van der Waals surface area contributed by atoms with Crippen molar-refractivity contribution in [2.75, 3.05) is 32.2 Å². The third-order valence-corrected chi connectivity index (χ3v) is 6.04. The molecular weight excluding hydrogens is 390 g/mol. The monoisotopic (exact) mass is 415 g/mol. The number of methoxy groups -OCH3 is 1. The number of hydrogen-bond acceptors (Lipinski definition) is 8. The molecule has 0 spiro atoms. The van der Waals surface area contributed by atoms with Crippen molar-refractivity contribution in [1.82, 2.24) is 9.97 Å². The standard InChI is InChI=1S/C21H25N3O4S/c1-4-24(2)17-8-5-13(12-22-17)19(26)15-6-7-16-21(20(15)27)29-18(23-16)11-14(25)9-10-28-3/h5,8,12,26H,4,6-7,9-11H2,1-3H3/b19-15-. The van der Waals surface area contributed by atoms with Crippen molar-refractivity contribution in [2.45, 2.75) is 32.6 Å². The molecule has 1 aliphatic rings. The van der Waals surface area contributed by atoms with Crippen LogP contribution in [0.15, 0.2) is 23.9 Å². The lowest BCUT2D eigenvalue weighted by Crippen LogP contribution is -2.17. The van der Waals surface area contributed by atoms with Crippen molar-refractivity contribution in [2.24, 2.45) is 0 Å². The van der Waals surface area contributed by atoms with Crippen molar-refractivity contribution in [1.29, 1.82) is 0 Å². The van der Waals surface area contributed by atoms with Crippen molar-refractivity contribution < 1.29 is 19.4 Å². The Morgan fingerprint density at radius 3 is 2.79 bits per heavy atom. The number of hydrogen-bond donors (Lipinski definition) is 1. The van der Waals surface area contributed by atoms with Gasteiger partial charge in [0, 0.05) is 44.5 Å². The van der Waals surface area contributed by atoms with E-state index < -0.39 is 0 Å². The number of thiazole rings is 1. The van der Waals surface area contributed by atoms with Crippen molar-refractivity contribution >= 4 is 34.5 Å². The summed E-state index contributed by atoms with van der Waals surface area (Å²) in [6.45, 7) is 3.23. The molecule has 154 valence electrons. The molecule has 0 unspecified atom stereocenters. The molecule has 0 radical (unpaired) electrons. The van der Waals surface area contributed by atoms with E-state index in [9.17, 15) is 14.7 Å². The van der Waals surface area contributed by atoms with Gasteiger partial charge < -0.3 is 14.7 Å². The van der Waals surface area contributed by atoms with Gasteiger partial charge in [0.05, 0.1) is 23.6 Å². The lowest BCUT2D eigenvalue weighted by atomic mass is 9.93. The molecule has 8 heteroatoms. The predicted molar refractivity (Wildman–Crippen MR) is 113 cm³/mol. The minimum atomic E-state index is -0.216. The molecule has 2 heterocycles. The van der Waals surface area contributed by atoms with Crippen molar-refractivity contribution in [3.63, 3.8) is 0 Å². The van der Waals surface area contributed by atoms with E-state index in [1.165, 1.54) is 11.3 Å². The van der Waals surface area contributed by atoms with Crippen LogP contribution in [-0.2, 0) is 22.4 Å². The summed E-state index contributed by atoms with van der Waals surface area (Å²) >= 11 is 1.24. The fourth-order valence-corrected chi connectivity index (χ4v) is 4.21. The highest BCUT2D eigenvalue weighted by molar-refractivity contribution is 7.14. The number of ketones is 2. The molecule has 0 atom stereocenters. The molecule has 2 aromatic heterocycles. The zero-order chi connectivity index (χ0) is 21.0. The first-order chi connectivity index (χ1) is 13.9. The Labute approximate surface area is 174 Å². The Bertz CT molecular complexity index is 934. The quantitative estimate of drug-likeness (QED) is 0.523. The largest absolute Gasteiger partial charge is 0.507 e. The van der Waals surface area contributed by atoms with Crippen LogP contribution in [0.3, 0.4) is 0 Å². The lowest BCUT2D eigenvalue weighted by molar-refractivity contribution is -0.119. The zero-order valence-corrected chi connectivity index (χ0v) is 17.7. The molecule has 0 bridgehead atoms. The third-order valence-electron chi connectivity index (χ3n) is 4.94. The number of rotatable bonds is 8. The molecular formula is C21H25N3O4S. The van der Waals surface area contributed by atoms with Gasteiger partial charge in [0.2, 0.25) is 5.78 Å². The Morgan fingerprint density at radius 1 is 1.34 bits per heavy atom. The van der Waals surface area contributed by atoms with Crippen LogP contribution >= 0.6 is 11.3 Å². The summed E-state index contributed by atoms with van der Waals surface area (Å²) in [7, 11) is 3.49. The van der Waals surface area contributed by atoms with Gasteiger partial charge in [-0.2, -0.15) is 0 Å². The van der Waals surface area contributed by atoms with Gasteiger partial charge in [0.25, 0.3) is 0 Å². The van der Waals surface area contributed by atoms with Gasteiger partial charge >= 0.3 is 0 Å². The molecule has 0 aliphatic heterocycles. The van der Waals surface area contributed by atoms with E-state index in [0.717, 1.165) is 12.4 Å². The van der Waals surface area contributed by atoms with E-state index in [-0.39, 0.29) is 23.7 Å². The van der Waals surface area contributed by atoms with E-state index in [0.29, 0.717) is 52.6 Å². The molecule has 0 amide bonds. The number of Topliss-reactive ketones (excluding diaryl/α,β-unsaturated/α-hetero) is 2. The van der Waals surface area contributed by atoms with Crippen LogP contribution in [0.2, 0.25) is 0 Å². The summed E-state index contributed by atoms with van der Waals surface area (Å²) in [5, 5.41) is 11.3. The summed E-state index contributed by atoms with van der Waals surface area (Å²) < 4.78 is 4.92. The molecule has 29 heavy (non-hydrogen) atoms. The van der Waals surface area contributed by atoms with Gasteiger partial charge in [-0.15, -0.1) is 11.3 Å². The first-order valence-corrected chi connectivity index (χ1v) is 10.4. The average Bonchev–Trinajstić information content (AvgIpc) is 3.15. The summed E-state index contributed by atoms with van der Waals surface area (Å²) in [4.78, 5) is 36.2. The number of aliphatic hydroxyl groups is 1. The van der Waals surface area contributed by atoms with Gasteiger partial charge in [-0.25, -0.2) is 9.97 Å². The van der Waals surface area contributed by atoms with Crippen LogP contribution in [0.5, 0.6) is 0 Å². The van der Waals surface area contributed by atoms with E-state index >= 15 is 0 Å². The molecule has 0 aromatic carbocycles. The minimum Gasteiger partial charge on any atom is -0.507 e. The highest BCUT2D eigenvalue weighted by atomic mass is 32.1. The number of aryl methyl sites for hydroxylation is 1. The number of aromatic nitrogens is 2. The highest BCUT2D eigenvalue weighted by Gasteiger charge is 2.29. The maximum atomic E-state index is 12.9. The Morgan fingerprint density at radius 2 is 2.14 bits per heavy atom. The van der Waals surface area contributed by atoms with Crippen LogP contribution in [-0.4, -0.2) is 54.0 Å². The molecule has 0 saturated heterocycles. The number of pyridine rings is 1. The predicted octanol–water partition coefficient (Wildman–Crippen LogP) is 3.24. The van der Waals surface area contributed by atoms with Crippen LogP contribution in [0, 0.1) is 0 Å². The lowest BCUT2D eigenvalue weighted by Gasteiger charge is -2.17. The number of anilines is 1. The molecule has 0 fully saturated rings. The van der Waals surface area contributed by atoms with Gasteiger partial charge in [-0.3, -0.25) is 9.59 Å². The molecule has 1 aliphatic carbocycles. The summed E-state index contributed by atoms with van der Waals surface area (Å²) in [6, 6.07) is 3.59. The maximum Gasteiger partial charge on any atom is 0.204 e. The van der Waals surface area contributed by atoms with Gasteiger partial charge in [0.1, 0.15) is 22.4 Å². The highest BCUT2D eigenvalue weighted by Crippen LogP contribution is 2.33. The number of carbonyl (C=O) groups is 2. The third kappa shape index (κ3) is 4.71. The second-order valence-corrected chi connectivity index (χ2v) is 8.00. The van der Waals surface area contributed by atoms with Gasteiger partial charge in [0.15, 0.2) is 0 Å². The summed E-state index contributed by atoms with van der Waals surface area (Å²) in [5.74, 6) is 0.584. The molecule has 1 N–H and O–H groups in total. The number of carbonyl (C=O) groups excluding carboxylic acids is 2. The number of nitrogens with zero attached hydrogens (tertiary/aromatic N) is 3. The first kappa shape index (κ1) is 21.1. The second kappa shape index (κ2) is 9.28. The van der Waals surface area contributed by atoms with Crippen molar-refractivity contribution in [3.05, 3.63) is 45.0 Å². The molecule has 3 rings (SSSR count). The SMILES string of the molecule is CCN(C)c1ccc(/C(O)=C2\CCc3nc(CC(=O)CCOC)sc3C2=O)cn1. The van der Waals surface area contributed by atoms with Crippen molar-refractivity contribution in [3.8, 4) is 0 Å². The van der Waals surface area contributed by atoms with Crippen LogP contribution < -0.4 is 4.90 Å². The Kier molecular flexibility index (Phi) is 6.76. The Hall–Kier alpha value is -2.58. The smallest absolute Gasteiger partial charge is 0.204 e. The van der Waals surface area contributed by atoms with E-state index in [2.05, 4.69) is 9.97 Å². The number of ether oxygens (including phenoxy) is 1. The molecule has 2 aromatic rings. The fraction of sp³-hybridized carbons (Fsp3) is 0.429. The van der Waals surface area contributed by atoms with Crippen LogP contribution in [0.25, 0.3) is 5.76 Å². The Balaban J connectivity index is 1.80. The first-order valence-electron chi connectivity index (χ1n) is 9.58. The summed E-state index contributed by atoms with van der Waals surface area (Å²) in [5.41, 5.74) is 1.60. The maximum absolute atomic E-state index is 12.9. The topological polar surface area (TPSA) is 92.6 Å². The number of aliphatic hydroxyl groups excluding tert-OH is 1. The van der Waals surface area contributed by atoms with E-state index in [1.54, 1.807) is 19.4 Å². The van der Waals surface area contributed by atoms with Gasteiger partial charge in [-0.05, 0) is 31.9 Å². The van der Waals surface area contributed by atoms with Crippen LogP contribution in [0.1, 0.15) is 45.7 Å².